The van der Waals surface area contributed by atoms with E-state index in [9.17, 15) is 4.39 Å². The molecule has 1 aromatic rings. The van der Waals surface area contributed by atoms with Crippen LogP contribution in [0.3, 0.4) is 0 Å². The largest absolute Gasteiger partial charge is 0.343 e. The fraction of sp³-hybridized carbons (Fsp3) is 0.500. The van der Waals surface area contributed by atoms with E-state index >= 15 is 0 Å². The lowest BCUT2D eigenvalue weighted by atomic mass is 10.2. The summed E-state index contributed by atoms with van der Waals surface area (Å²) in [5.74, 6) is -0.201. The predicted octanol–water partition coefficient (Wildman–Crippen LogP) is 1.05. The van der Waals surface area contributed by atoms with E-state index < -0.39 is 0 Å². The van der Waals surface area contributed by atoms with E-state index in [2.05, 4.69) is 17.3 Å². The number of rotatable bonds is 1. The zero-order chi connectivity index (χ0) is 13.8. The smallest absolute Gasteiger partial charge is 0.173 e. The quantitative estimate of drug-likeness (QED) is 0.751. The van der Waals surface area contributed by atoms with Crippen molar-refractivity contribution >= 4 is 23.0 Å². The normalized spacial score (nSPS) is 19.9. The lowest BCUT2D eigenvalue weighted by Crippen LogP contribution is -3.09. The molecule has 0 aromatic heterocycles. The molecule has 0 aliphatic carbocycles. The van der Waals surface area contributed by atoms with Gasteiger partial charge < -0.3 is 15.1 Å². The average molecular weight is 282 g/mol. The molecule has 19 heavy (non-hydrogen) atoms. The van der Waals surface area contributed by atoms with Crippen LogP contribution in [0, 0.1) is 12.7 Å². The average Bonchev–Trinajstić information content (AvgIpc) is 2.59. The Morgan fingerprint density at radius 2 is 2.16 bits per heavy atom. The fourth-order valence-electron chi connectivity index (χ4n) is 2.21. The first-order valence-electron chi connectivity index (χ1n) is 6.69. The monoisotopic (exact) mass is 282 g/mol. The Morgan fingerprint density at radius 3 is 2.89 bits per heavy atom. The van der Waals surface area contributed by atoms with Gasteiger partial charge in [-0.2, -0.15) is 0 Å². The van der Waals surface area contributed by atoms with Crippen molar-refractivity contribution in [3.8, 4) is 0 Å². The van der Waals surface area contributed by atoms with Crippen LogP contribution in [0.4, 0.5) is 10.1 Å². The first-order chi connectivity index (χ1) is 9.06. The Balaban J connectivity index is 1.98. The molecule has 1 saturated heterocycles. The third kappa shape index (κ3) is 3.88. The molecule has 3 nitrogen and oxygen atoms in total. The summed E-state index contributed by atoms with van der Waals surface area (Å²) in [6, 6.07) is 5.12. The van der Waals surface area contributed by atoms with Crippen molar-refractivity contribution in [3.63, 3.8) is 0 Å². The van der Waals surface area contributed by atoms with Crippen LogP contribution in [0.2, 0.25) is 0 Å². The third-order valence-electron chi connectivity index (χ3n) is 3.55. The number of nitrogens with zero attached hydrogens (tertiary/aromatic N) is 1. The maximum atomic E-state index is 13.5. The summed E-state index contributed by atoms with van der Waals surface area (Å²) in [5.41, 5.74) is 1.37. The number of hydrogen-bond donors (Lipinski definition) is 2. The van der Waals surface area contributed by atoms with E-state index in [-0.39, 0.29) is 5.82 Å². The van der Waals surface area contributed by atoms with Crippen LogP contribution in [0.25, 0.3) is 0 Å². The molecule has 1 atom stereocenters. The van der Waals surface area contributed by atoms with Gasteiger partial charge in [0.15, 0.2) is 5.11 Å². The van der Waals surface area contributed by atoms with Crippen molar-refractivity contribution in [2.45, 2.75) is 13.3 Å². The molecule has 1 aliphatic rings. The van der Waals surface area contributed by atoms with Crippen LogP contribution >= 0.6 is 12.2 Å². The van der Waals surface area contributed by atoms with Gasteiger partial charge in [0.2, 0.25) is 0 Å². The molecule has 1 fully saturated rings. The van der Waals surface area contributed by atoms with Gasteiger partial charge in [-0.15, -0.1) is 0 Å². The molecular formula is C14H21FN3S+. The van der Waals surface area contributed by atoms with Gasteiger partial charge >= 0.3 is 0 Å². The van der Waals surface area contributed by atoms with Crippen molar-refractivity contribution in [3.05, 3.63) is 29.6 Å². The number of quaternary nitrogens is 1. The minimum absolute atomic E-state index is 0.201. The fourth-order valence-corrected chi connectivity index (χ4v) is 2.51. The topological polar surface area (TPSA) is 19.7 Å². The first-order valence-corrected chi connectivity index (χ1v) is 7.10. The molecule has 2 rings (SSSR count). The van der Waals surface area contributed by atoms with Crippen molar-refractivity contribution in [2.24, 2.45) is 0 Å². The van der Waals surface area contributed by atoms with Gasteiger partial charge in [-0.05, 0) is 36.8 Å². The number of likely N-dealkylation sites (N-methyl/N-ethyl adjacent to an activating group) is 1. The summed E-state index contributed by atoms with van der Waals surface area (Å²) in [6.07, 6.45) is 1.13. The number of hydrogen-bond acceptors (Lipinski definition) is 1. The van der Waals surface area contributed by atoms with Crippen LogP contribution in [0.15, 0.2) is 18.2 Å². The van der Waals surface area contributed by atoms with E-state index in [1.165, 1.54) is 17.5 Å². The zero-order valence-corrected chi connectivity index (χ0v) is 12.3. The molecule has 1 aromatic carbocycles. The molecule has 104 valence electrons. The van der Waals surface area contributed by atoms with E-state index in [1.807, 2.05) is 6.07 Å². The van der Waals surface area contributed by atoms with Crippen molar-refractivity contribution < 1.29 is 9.29 Å². The van der Waals surface area contributed by atoms with Crippen molar-refractivity contribution in [2.75, 3.05) is 38.5 Å². The Labute approximate surface area is 119 Å². The lowest BCUT2D eigenvalue weighted by molar-refractivity contribution is -0.877. The molecule has 0 bridgehead atoms. The SMILES string of the molecule is Cc1ccc(NC(=S)N2CCC[NH+](C)CC2)cc1F. The van der Waals surface area contributed by atoms with Gasteiger partial charge in [-0.25, -0.2) is 4.39 Å². The maximum Gasteiger partial charge on any atom is 0.173 e. The molecule has 1 heterocycles. The number of thiocarbonyl (C=S) groups is 1. The van der Waals surface area contributed by atoms with Crippen molar-refractivity contribution in [1.29, 1.82) is 0 Å². The Hall–Kier alpha value is -1.20. The highest BCUT2D eigenvalue weighted by Crippen LogP contribution is 2.14. The molecule has 1 unspecified atom stereocenters. The first kappa shape index (κ1) is 14.2. The highest BCUT2D eigenvalue weighted by molar-refractivity contribution is 7.80. The second-order valence-electron chi connectivity index (χ2n) is 5.19. The summed E-state index contributed by atoms with van der Waals surface area (Å²) in [5, 5.41) is 3.82. The van der Waals surface area contributed by atoms with Crippen LogP contribution in [-0.4, -0.2) is 43.2 Å². The Kier molecular flexibility index (Phi) is 4.71. The van der Waals surface area contributed by atoms with E-state index in [0.717, 1.165) is 31.7 Å². The molecule has 0 saturated carbocycles. The van der Waals surface area contributed by atoms with Crippen LogP contribution in [-0.2, 0) is 0 Å². The van der Waals surface area contributed by atoms with Gasteiger partial charge in [0.25, 0.3) is 0 Å². The van der Waals surface area contributed by atoms with Gasteiger partial charge in [-0.3, -0.25) is 0 Å². The third-order valence-corrected chi connectivity index (χ3v) is 3.91. The second kappa shape index (κ2) is 6.30. The predicted molar refractivity (Wildman–Crippen MR) is 80.2 cm³/mol. The standard InChI is InChI=1S/C14H20FN3S/c1-11-4-5-12(10-13(11)15)16-14(19)18-7-3-6-17(2)8-9-18/h4-5,10H,3,6-9H2,1-2H3,(H,16,19)/p+1. The molecule has 2 N–H and O–H groups in total. The minimum Gasteiger partial charge on any atom is -0.343 e. The summed E-state index contributed by atoms with van der Waals surface area (Å²) >= 11 is 5.41. The van der Waals surface area contributed by atoms with Crippen molar-refractivity contribution in [1.82, 2.24) is 4.90 Å². The number of halogens is 1. The zero-order valence-electron chi connectivity index (χ0n) is 11.5. The lowest BCUT2D eigenvalue weighted by Gasteiger charge is -2.23. The van der Waals surface area contributed by atoms with Crippen LogP contribution in [0.5, 0.6) is 0 Å². The highest BCUT2D eigenvalue weighted by atomic mass is 32.1. The molecular weight excluding hydrogens is 261 g/mol. The van der Waals surface area contributed by atoms with Crippen LogP contribution < -0.4 is 10.2 Å². The minimum atomic E-state index is -0.201. The Bertz CT molecular complexity index is 464. The van der Waals surface area contributed by atoms with Crippen LogP contribution in [0.1, 0.15) is 12.0 Å². The molecule has 0 radical (unpaired) electrons. The highest BCUT2D eigenvalue weighted by Gasteiger charge is 2.16. The second-order valence-corrected chi connectivity index (χ2v) is 5.58. The number of anilines is 1. The van der Waals surface area contributed by atoms with Gasteiger partial charge in [0, 0.05) is 18.7 Å². The van der Waals surface area contributed by atoms with E-state index in [1.54, 1.807) is 13.0 Å². The van der Waals surface area contributed by atoms with Gasteiger partial charge in [0.05, 0.1) is 26.7 Å². The Morgan fingerprint density at radius 1 is 1.37 bits per heavy atom. The summed E-state index contributed by atoms with van der Waals surface area (Å²) in [4.78, 5) is 3.70. The van der Waals surface area contributed by atoms with Gasteiger partial charge in [0.1, 0.15) is 5.82 Å². The number of nitrogens with one attached hydrogen (secondary N) is 2. The van der Waals surface area contributed by atoms with Gasteiger partial charge in [-0.1, -0.05) is 6.07 Å². The van der Waals surface area contributed by atoms with E-state index in [0.29, 0.717) is 10.7 Å². The molecule has 0 spiro atoms. The summed E-state index contributed by atoms with van der Waals surface area (Å²) < 4.78 is 13.5. The number of benzene rings is 1. The maximum absolute atomic E-state index is 13.5. The molecule has 1 aliphatic heterocycles. The molecule has 0 amide bonds. The summed E-state index contributed by atoms with van der Waals surface area (Å²) in [7, 11) is 2.20. The molecule has 5 heteroatoms. The van der Waals surface area contributed by atoms with E-state index in [4.69, 9.17) is 12.2 Å². The summed E-state index contributed by atoms with van der Waals surface area (Å²) in [6.45, 7) is 5.94. The number of aryl methyl sites for hydroxylation is 1.